The normalized spacial score (nSPS) is 11.6. The second-order valence-electron chi connectivity index (χ2n) is 9.33. The summed E-state index contributed by atoms with van der Waals surface area (Å²) in [6.07, 6.45) is 2.57. The van der Waals surface area contributed by atoms with Gasteiger partial charge in [0.05, 0.1) is 13.5 Å². The Morgan fingerprint density at radius 1 is 0.944 bits per heavy atom. The first-order chi connectivity index (χ1) is 17.4. The number of rotatable bonds is 12. The molecule has 0 aliphatic carbocycles. The molecular weight excluding hydrogens is 448 g/mol. The van der Waals surface area contributed by atoms with Crippen LogP contribution in [0.5, 0.6) is 5.75 Å². The van der Waals surface area contributed by atoms with Crippen molar-refractivity contribution < 1.29 is 14.3 Å². The molecule has 0 saturated carbocycles. The van der Waals surface area contributed by atoms with Crippen molar-refractivity contribution in [1.29, 1.82) is 0 Å². The zero-order chi connectivity index (χ0) is 25.9. The van der Waals surface area contributed by atoms with E-state index in [0.717, 1.165) is 46.4 Å². The molecule has 3 aromatic carbocycles. The van der Waals surface area contributed by atoms with Gasteiger partial charge in [-0.25, -0.2) is 0 Å². The molecule has 1 unspecified atom stereocenters. The maximum atomic E-state index is 13.9. The number of nitrogens with zero attached hydrogens (tertiary/aromatic N) is 1. The second kappa shape index (κ2) is 13.5. The Morgan fingerprint density at radius 3 is 2.42 bits per heavy atom. The monoisotopic (exact) mass is 486 g/mol. The molecule has 1 N–H and O–H groups in total. The van der Waals surface area contributed by atoms with Crippen molar-refractivity contribution in [3.8, 4) is 5.75 Å². The van der Waals surface area contributed by atoms with Gasteiger partial charge < -0.3 is 15.0 Å². The third-order valence-corrected chi connectivity index (χ3v) is 6.43. The van der Waals surface area contributed by atoms with Gasteiger partial charge in [-0.15, -0.1) is 0 Å². The summed E-state index contributed by atoms with van der Waals surface area (Å²) in [5, 5.41) is 3.07. The van der Waals surface area contributed by atoms with Gasteiger partial charge in [0, 0.05) is 19.5 Å². The summed E-state index contributed by atoms with van der Waals surface area (Å²) in [6.45, 7) is 7.06. The van der Waals surface area contributed by atoms with Gasteiger partial charge in [-0.2, -0.15) is 0 Å². The van der Waals surface area contributed by atoms with E-state index in [1.165, 1.54) is 0 Å². The van der Waals surface area contributed by atoms with Crippen molar-refractivity contribution in [2.24, 2.45) is 0 Å². The molecular formula is C31H38N2O3. The van der Waals surface area contributed by atoms with Crippen molar-refractivity contribution >= 4 is 11.8 Å². The first-order valence-electron chi connectivity index (χ1n) is 12.7. The fourth-order valence-corrected chi connectivity index (χ4v) is 4.28. The van der Waals surface area contributed by atoms with Crippen LogP contribution in [0.3, 0.4) is 0 Å². The van der Waals surface area contributed by atoms with Gasteiger partial charge >= 0.3 is 0 Å². The molecule has 3 rings (SSSR count). The molecule has 0 saturated heterocycles. The van der Waals surface area contributed by atoms with Crippen molar-refractivity contribution in [2.75, 3.05) is 13.7 Å². The van der Waals surface area contributed by atoms with Crippen LogP contribution in [0, 0.1) is 13.8 Å². The molecule has 0 bridgehead atoms. The summed E-state index contributed by atoms with van der Waals surface area (Å²) in [7, 11) is 1.63. The molecule has 0 heterocycles. The molecule has 3 aromatic rings. The van der Waals surface area contributed by atoms with Gasteiger partial charge in [0.1, 0.15) is 11.8 Å². The average Bonchev–Trinajstić information content (AvgIpc) is 2.89. The summed E-state index contributed by atoms with van der Waals surface area (Å²) in [5.74, 6) is 0.532. The molecule has 5 nitrogen and oxygen atoms in total. The molecule has 0 fully saturated rings. The lowest BCUT2D eigenvalue weighted by Gasteiger charge is -2.32. The number of aryl methyl sites for hydroxylation is 2. The minimum Gasteiger partial charge on any atom is -0.497 e. The quantitative estimate of drug-likeness (QED) is 0.348. The lowest BCUT2D eigenvalue weighted by molar-refractivity contribution is -0.140. The Hall–Kier alpha value is -3.60. The Bertz CT molecular complexity index is 1140. The Balaban J connectivity index is 1.98. The molecule has 190 valence electrons. The standard InChI is InChI=1S/C31H38N2O3/c1-5-6-17-32-31(35)29(20-25-11-8-7-9-12-25)33(22-26-13-10-14-28(19-26)36-4)30(34)21-27-18-23(2)15-16-24(27)3/h7-16,18-19,29H,5-6,17,20-22H2,1-4H3,(H,32,35). The van der Waals surface area contributed by atoms with E-state index in [1.807, 2.05) is 74.5 Å². The van der Waals surface area contributed by atoms with Crippen molar-refractivity contribution in [3.63, 3.8) is 0 Å². The first kappa shape index (κ1) is 27.0. The van der Waals surface area contributed by atoms with Gasteiger partial charge in [-0.1, -0.05) is 79.6 Å². The predicted molar refractivity (Wildman–Crippen MR) is 145 cm³/mol. The molecule has 0 spiro atoms. The number of amides is 2. The van der Waals surface area contributed by atoms with Gasteiger partial charge in [-0.3, -0.25) is 9.59 Å². The number of methoxy groups -OCH3 is 1. The van der Waals surface area contributed by atoms with Crippen LogP contribution in [0.15, 0.2) is 72.8 Å². The zero-order valence-electron chi connectivity index (χ0n) is 21.9. The largest absolute Gasteiger partial charge is 0.497 e. The molecule has 5 heteroatoms. The Labute approximate surface area is 215 Å². The highest BCUT2D eigenvalue weighted by Gasteiger charge is 2.30. The van der Waals surface area contributed by atoms with Crippen LogP contribution < -0.4 is 10.1 Å². The minimum absolute atomic E-state index is 0.0712. The van der Waals surface area contributed by atoms with Crippen LogP contribution in [0.4, 0.5) is 0 Å². The van der Waals surface area contributed by atoms with Crippen molar-refractivity contribution in [1.82, 2.24) is 10.2 Å². The van der Waals surface area contributed by atoms with E-state index in [4.69, 9.17) is 4.74 Å². The Morgan fingerprint density at radius 2 is 1.69 bits per heavy atom. The van der Waals surface area contributed by atoms with Crippen molar-refractivity contribution in [3.05, 3.63) is 101 Å². The predicted octanol–water partition coefficient (Wildman–Crippen LogP) is 5.41. The van der Waals surface area contributed by atoms with Gasteiger partial charge in [0.25, 0.3) is 0 Å². The number of carbonyl (C=O) groups is 2. The number of nitrogens with one attached hydrogen (secondary N) is 1. The number of ether oxygens (including phenoxy) is 1. The number of benzene rings is 3. The highest BCUT2D eigenvalue weighted by atomic mass is 16.5. The highest BCUT2D eigenvalue weighted by molar-refractivity contribution is 5.89. The number of carbonyl (C=O) groups excluding carboxylic acids is 2. The van der Waals surface area contributed by atoms with Gasteiger partial charge in [0.2, 0.25) is 11.8 Å². The van der Waals surface area contributed by atoms with Gasteiger partial charge in [0.15, 0.2) is 0 Å². The lowest BCUT2D eigenvalue weighted by Crippen LogP contribution is -2.51. The van der Waals surface area contributed by atoms with Crippen LogP contribution in [0.1, 0.15) is 47.6 Å². The fourth-order valence-electron chi connectivity index (χ4n) is 4.28. The molecule has 36 heavy (non-hydrogen) atoms. The molecule has 0 aliphatic rings. The fraction of sp³-hybridized carbons (Fsp3) is 0.355. The third-order valence-electron chi connectivity index (χ3n) is 6.43. The third kappa shape index (κ3) is 7.70. The number of unbranched alkanes of at least 4 members (excludes halogenated alkanes) is 1. The van der Waals surface area contributed by atoms with Crippen LogP contribution in [0.25, 0.3) is 0 Å². The summed E-state index contributed by atoms with van der Waals surface area (Å²) in [4.78, 5) is 29.2. The summed E-state index contributed by atoms with van der Waals surface area (Å²) >= 11 is 0. The summed E-state index contributed by atoms with van der Waals surface area (Å²) in [5.41, 5.74) is 5.11. The van der Waals surface area contributed by atoms with Crippen LogP contribution in [0.2, 0.25) is 0 Å². The minimum atomic E-state index is -0.631. The summed E-state index contributed by atoms with van der Waals surface area (Å²) < 4.78 is 5.41. The van der Waals surface area contributed by atoms with E-state index in [9.17, 15) is 9.59 Å². The smallest absolute Gasteiger partial charge is 0.243 e. The van der Waals surface area contributed by atoms with E-state index in [-0.39, 0.29) is 18.2 Å². The molecule has 2 amide bonds. The highest BCUT2D eigenvalue weighted by Crippen LogP contribution is 2.20. The maximum absolute atomic E-state index is 13.9. The zero-order valence-corrected chi connectivity index (χ0v) is 21.9. The van der Waals surface area contributed by atoms with Crippen LogP contribution in [-0.2, 0) is 29.0 Å². The molecule has 0 aliphatic heterocycles. The van der Waals surface area contributed by atoms with E-state index >= 15 is 0 Å². The first-order valence-corrected chi connectivity index (χ1v) is 12.7. The molecule has 0 radical (unpaired) electrons. The van der Waals surface area contributed by atoms with E-state index in [2.05, 4.69) is 24.4 Å². The van der Waals surface area contributed by atoms with E-state index in [1.54, 1.807) is 12.0 Å². The second-order valence-corrected chi connectivity index (χ2v) is 9.33. The number of hydrogen-bond acceptors (Lipinski definition) is 3. The molecule has 1 atom stereocenters. The SMILES string of the molecule is CCCCNC(=O)C(Cc1ccccc1)N(Cc1cccc(OC)c1)C(=O)Cc1cc(C)ccc1C. The van der Waals surface area contributed by atoms with Crippen molar-refractivity contribution in [2.45, 2.75) is 59.0 Å². The summed E-state index contributed by atoms with van der Waals surface area (Å²) in [6, 6.07) is 23.1. The van der Waals surface area contributed by atoms with E-state index in [0.29, 0.717) is 19.5 Å². The molecule has 0 aromatic heterocycles. The maximum Gasteiger partial charge on any atom is 0.243 e. The van der Waals surface area contributed by atoms with Crippen LogP contribution >= 0.6 is 0 Å². The Kier molecular flexibility index (Phi) is 10.1. The topological polar surface area (TPSA) is 58.6 Å². The lowest BCUT2D eigenvalue weighted by atomic mass is 9.99. The van der Waals surface area contributed by atoms with Gasteiger partial charge in [-0.05, 0) is 54.7 Å². The van der Waals surface area contributed by atoms with Crippen LogP contribution in [-0.4, -0.2) is 36.4 Å². The average molecular weight is 487 g/mol. The van der Waals surface area contributed by atoms with E-state index < -0.39 is 6.04 Å². The number of hydrogen-bond donors (Lipinski definition) is 1.